The topological polar surface area (TPSA) is 17.1 Å². The Kier molecular flexibility index (Phi) is 3.92. The van der Waals surface area contributed by atoms with E-state index in [1.54, 1.807) is 0 Å². The number of rotatable bonds is 2. The van der Waals surface area contributed by atoms with E-state index in [2.05, 4.69) is 0 Å². The van der Waals surface area contributed by atoms with E-state index in [0.717, 1.165) is 37.5 Å². The summed E-state index contributed by atoms with van der Waals surface area (Å²) in [5.74, 6) is -2.36. The fourth-order valence-electron chi connectivity index (χ4n) is 2.60. The first-order chi connectivity index (χ1) is 8.91. The molecule has 0 bridgehead atoms. The smallest absolute Gasteiger partial charge is 0.294 e. The highest BCUT2D eigenvalue weighted by Crippen LogP contribution is 2.36. The number of hydrogen-bond acceptors (Lipinski definition) is 1. The van der Waals surface area contributed by atoms with Crippen molar-refractivity contribution in [1.82, 2.24) is 0 Å². The second-order valence-electron chi connectivity index (χ2n) is 4.86. The summed E-state index contributed by atoms with van der Waals surface area (Å²) in [5, 5.41) is 0. The van der Waals surface area contributed by atoms with Gasteiger partial charge >= 0.3 is 6.18 Å². The highest BCUT2D eigenvalue weighted by molar-refractivity contribution is 5.99. The third-order valence-corrected chi connectivity index (χ3v) is 3.54. The normalized spacial score (nSPS) is 17.5. The fourth-order valence-corrected chi connectivity index (χ4v) is 2.60. The number of benzene rings is 1. The molecule has 1 fully saturated rings. The van der Waals surface area contributed by atoms with E-state index in [4.69, 9.17) is 0 Å². The van der Waals surface area contributed by atoms with E-state index in [1.807, 2.05) is 0 Å². The van der Waals surface area contributed by atoms with Gasteiger partial charge in [-0.15, -0.1) is 0 Å². The van der Waals surface area contributed by atoms with Crippen LogP contribution in [0, 0.1) is 11.7 Å². The average molecular weight is 274 g/mol. The molecule has 0 N–H and O–H groups in total. The van der Waals surface area contributed by atoms with Crippen molar-refractivity contribution in [2.45, 2.75) is 38.3 Å². The van der Waals surface area contributed by atoms with Gasteiger partial charge in [-0.2, -0.15) is 13.2 Å². The molecule has 0 atom stereocenters. The van der Waals surface area contributed by atoms with Crippen molar-refractivity contribution < 1.29 is 22.4 Å². The summed E-state index contributed by atoms with van der Waals surface area (Å²) in [6.07, 6.45) is -0.983. The van der Waals surface area contributed by atoms with Crippen LogP contribution in [0.3, 0.4) is 0 Å². The molecule has 1 aliphatic rings. The zero-order chi connectivity index (χ0) is 14.0. The van der Waals surface area contributed by atoms with Crippen LogP contribution in [0.25, 0.3) is 0 Å². The number of halogens is 4. The number of carbonyl (C=O) groups is 1. The first kappa shape index (κ1) is 14.0. The Morgan fingerprint density at radius 1 is 1.11 bits per heavy atom. The molecule has 1 aliphatic carbocycles. The van der Waals surface area contributed by atoms with Crippen LogP contribution in [-0.2, 0) is 6.18 Å². The van der Waals surface area contributed by atoms with Gasteiger partial charge in [-0.1, -0.05) is 31.4 Å². The number of carbonyl (C=O) groups excluding carboxylic acids is 1. The summed E-state index contributed by atoms with van der Waals surface area (Å²) in [4.78, 5) is 12.2. The van der Waals surface area contributed by atoms with Crippen molar-refractivity contribution in [3.8, 4) is 0 Å². The van der Waals surface area contributed by atoms with Crippen molar-refractivity contribution in [2.24, 2.45) is 5.92 Å². The largest absolute Gasteiger partial charge is 0.419 e. The molecular formula is C14H14F4O. The lowest BCUT2D eigenvalue weighted by Gasteiger charge is -2.22. The fraction of sp³-hybridized carbons (Fsp3) is 0.500. The number of hydrogen-bond donors (Lipinski definition) is 0. The Balaban J connectivity index is 2.39. The van der Waals surface area contributed by atoms with Gasteiger partial charge in [-0.3, -0.25) is 4.79 Å². The van der Waals surface area contributed by atoms with Crippen LogP contribution < -0.4 is 0 Å². The molecule has 104 valence electrons. The summed E-state index contributed by atoms with van der Waals surface area (Å²) in [7, 11) is 0. The van der Waals surface area contributed by atoms with Gasteiger partial charge in [-0.25, -0.2) is 4.39 Å². The molecule has 0 saturated heterocycles. The van der Waals surface area contributed by atoms with Crippen LogP contribution in [0.1, 0.15) is 48.0 Å². The van der Waals surface area contributed by atoms with Gasteiger partial charge < -0.3 is 0 Å². The molecule has 0 radical (unpaired) electrons. The molecule has 1 nitrogen and oxygen atoms in total. The number of ketones is 1. The molecule has 1 aromatic carbocycles. The predicted molar refractivity (Wildman–Crippen MR) is 62.3 cm³/mol. The summed E-state index contributed by atoms with van der Waals surface area (Å²) in [6.45, 7) is 0. The van der Waals surface area contributed by atoms with Crippen LogP contribution in [0.2, 0.25) is 0 Å². The molecule has 0 heterocycles. The van der Waals surface area contributed by atoms with Crippen LogP contribution in [-0.4, -0.2) is 5.78 Å². The van der Waals surface area contributed by atoms with E-state index in [0.29, 0.717) is 12.8 Å². The molecule has 1 aromatic rings. The van der Waals surface area contributed by atoms with Crippen LogP contribution in [0.4, 0.5) is 17.6 Å². The summed E-state index contributed by atoms with van der Waals surface area (Å²) in [5.41, 5.74) is -1.95. The summed E-state index contributed by atoms with van der Waals surface area (Å²) in [6, 6.07) is 2.96. The summed E-state index contributed by atoms with van der Waals surface area (Å²) >= 11 is 0. The molecule has 1 saturated carbocycles. The highest BCUT2D eigenvalue weighted by atomic mass is 19.4. The van der Waals surface area contributed by atoms with Gasteiger partial charge in [0, 0.05) is 11.5 Å². The van der Waals surface area contributed by atoms with Gasteiger partial charge in [0.1, 0.15) is 11.4 Å². The van der Waals surface area contributed by atoms with Gasteiger partial charge in [0.15, 0.2) is 5.78 Å². The van der Waals surface area contributed by atoms with Gasteiger partial charge in [0.25, 0.3) is 0 Å². The van der Waals surface area contributed by atoms with Crippen molar-refractivity contribution in [3.63, 3.8) is 0 Å². The Hall–Kier alpha value is -1.39. The number of alkyl halides is 3. The Morgan fingerprint density at radius 3 is 2.32 bits per heavy atom. The minimum atomic E-state index is -4.84. The SMILES string of the molecule is O=C(c1cccc(F)c1C(F)(F)F)C1CCCCC1. The molecular weight excluding hydrogens is 260 g/mol. The minimum Gasteiger partial charge on any atom is -0.294 e. The van der Waals surface area contributed by atoms with E-state index >= 15 is 0 Å². The lowest BCUT2D eigenvalue weighted by molar-refractivity contribution is -0.140. The van der Waals surface area contributed by atoms with E-state index in [9.17, 15) is 22.4 Å². The zero-order valence-electron chi connectivity index (χ0n) is 10.3. The Labute approximate surface area is 108 Å². The van der Waals surface area contributed by atoms with Crippen LogP contribution in [0.15, 0.2) is 18.2 Å². The van der Waals surface area contributed by atoms with Crippen molar-refractivity contribution in [3.05, 3.63) is 35.1 Å². The second-order valence-corrected chi connectivity index (χ2v) is 4.86. The minimum absolute atomic E-state index is 0.406. The Bertz CT molecular complexity index is 473. The maximum Gasteiger partial charge on any atom is 0.419 e. The third-order valence-electron chi connectivity index (χ3n) is 3.54. The molecule has 19 heavy (non-hydrogen) atoms. The average Bonchev–Trinajstić information content (AvgIpc) is 2.37. The molecule has 0 amide bonds. The Morgan fingerprint density at radius 2 is 1.74 bits per heavy atom. The van der Waals surface area contributed by atoms with E-state index in [1.165, 1.54) is 0 Å². The number of Topliss-reactive ketones (excluding diaryl/α,β-unsaturated/α-hetero) is 1. The quantitative estimate of drug-likeness (QED) is 0.568. The molecule has 0 unspecified atom stereocenters. The monoisotopic (exact) mass is 274 g/mol. The standard InChI is InChI=1S/C14H14F4O/c15-11-8-4-7-10(12(11)14(16,17)18)13(19)9-5-2-1-3-6-9/h4,7-9H,1-3,5-6H2. The molecule has 5 heteroatoms. The van der Waals surface area contributed by atoms with Crippen molar-refractivity contribution in [1.29, 1.82) is 0 Å². The van der Waals surface area contributed by atoms with Crippen molar-refractivity contribution >= 4 is 5.78 Å². The maximum absolute atomic E-state index is 13.4. The molecule has 0 aromatic heterocycles. The molecule has 2 rings (SSSR count). The van der Waals surface area contributed by atoms with E-state index < -0.39 is 34.8 Å². The van der Waals surface area contributed by atoms with Crippen LogP contribution >= 0.6 is 0 Å². The van der Waals surface area contributed by atoms with Gasteiger partial charge in [-0.05, 0) is 18.9 Å². The lowest BCUT2D eigenvalue weighted by atomic mass is 9.82. The molecule has 0 spiro atoms. The highest BCUT2D eigenvalue weighted by Gasteiger charge is 2.39. The summed E-state index contributed by atoms with van der Waals surface area (Å²) < 4.78 is 51.9. The first-order valence-corrected chi connectivity index (χ1v) is 6.31. The van der Waals surface area contributed by atoms with Gasteiger partial charge in [0.2, 0.25) is 0 Å². The van der Waals surface area contributed by atoms with Crippen LogP contribution in [0.5, 0.6) is 0 Å². The zero-order valence-corrected chi connectivity index (χ0v) is 10.3. The molecule has 0 aliphatic heterocycles. The predicted octanol–water partition coefficient (Wildman–Crippen LogP) is 4.61. The maximum atomic E-state index is 13.4. The second kappa shape index (κ2) is 5.31. The third kappa shape index (κ3) is 2.96. The lowest BCUT2D eigenvalue weighted by Crippen LogP contribution is -2.22. The van der Waals surface area contributed by atoms with Gasteiger partial charge in [0.05, 0.1) is 0 Å². The first-order valence-electron chi connectivity index (χ1n) is 6.31. The van der Waals surface area contributed by atoms with Crippen molar-refractivity contribution in [2.75, 3.05) is 0 Å². The van der Waals surface area contributed by atoms with E-state index in [-0.39, 0.29) is 0 Å².